The summed E-state index contributed by atoms with van der Waals surface area (Å²) in [5, 5.41) is 3.49. The van der Waals surface area contributed by atoms with Gasteiger partial charge in [-0.15, -0.1) is 0 Å². The number of aryl methyl sites for hydroxylation is 1. The van der Waals surface area contributed by atoms with E-state index in [-0.39, 0.29) is 5.82 Å². The summed E-state index contributed by atoms with van der Waals surface area (Å²) in [6.07, 6.45) is 0. The van der Waals surface area contributed by atoms with Crippen molar-refractivity contribution < 1.29 is 9.18 Å². The van der Waals surface area contributed by atoms with E-state index in [2.05, 4.69) is 21.2 Å². The Labute approximate surface area is 135 Å². The molecule has 0 saturated carbocycles. The van der Waals surface area contributed by atoms with Gasteiger partial charge in [-0.3, -0.25) is 4.79 Å². The van der Waals surface area contributed by atoms with Crippen molar-refractivity contribution in [1.82, 2.24) is 0 Å². The minimum Gasteiger partial charge on any atom is -0.370 e. The maximum absolute atomic E-state index is 13.4. The number of nitrogens with two attached hydrogens (primary N) is 1. The summed E-state index contributed by atoms with van der Waals surface area (Å²) in [6, 6.07) is 8.69. The monoisotopic (exact) mass is 370 g/mol. The lowest BCUT2D eigenvalue weighted by atomic mass is 10.1. The first kappa shape index (κ1) is 15.8. The summed E-state index contributed by atoms with van der Waals surface area (Å²) in [6.45, 7) is 1.77. The average molecular weight is 372 g/mol. The molecule has 0 bridgehead atoms. The van der Waals surface area contributed by atoms with Crippen LogP contribution in [0.15, 0.2) is 40.9 Å². The van der Waals surface area contributed by atoms with Gasteiger partial charge in [0.25, 0.3) is 0 Å². The van der Waals surface area contributed by atoms with Crippen molar-refractivity contribution in [1.29, 1.82) is 0 Å². The predicted molar refractivity (Wildman–Crippen MR) is 85.8 cm³/mol. The van der Waals surface area contributed by atoms with Gasteiger partial charge in [-0.2, -0.15) is 0 Å². The van der Waals surface area contributed by atoms with Crippen molar-refractivity contribution in [2.45, 2.75) is 13.0 Å². The number of halogens is 3. The molecule has 0 aliphatic carbocycles. The number of carbonyl (C=O) groups is 1. The largest absolute Gasteiger partial charge is 0.370 e. The normalized spacial score (nSPS) is 12.0. The predicted octanol–water partition coefficient (Wildman–Crippen LogP) is 4.19. The van der Waals surface area contributed by atoms with Gasteiger partial charge in [0.15, 0.2) is 0 Å². The highest BCUT2D eigenvalue weighted by Gasteiger charge is 2.20. The zero-order valence-corrected chi connectivity index (χ0v) is 13.5. The molecular formula is C15H13BrClFN2O. The van der Waals surface area contributed by atoms with E-state index in [9.17, 15) is 9.18 Å². The highest BCUT2D eigenvalue weighted by Crippen LogP contribution is 2.29. The molecule has 0 radical (unpaired) electrons. The van der Waals surface area contributed by atoms with Crippen LogP contribution in [0.2, 0.25) is 5.02 Å². The lowest BCUT2D eigenvalue weighted by Gasteiger charge is -2.19. The van der Waals surface area contributed by atoms with Gasteiger partial charge in [0.05, 0.1) is 0 Å². The molecule has 0 spiro atoms. The Hall–Kier alpha value is -1.59. The van der Waals surface area contributed by atoms with Crippen LogP contribution in [0.4, 0.5) is 10.1 Å². The highest BCUT2D eigenvalue weighted by atomic mass is 79.9. The molecule has 0 heterocycles. The summed E-state index contributed by atoms with van der Waals surface area (Å²) in [7, 11) is 0. The van der Waals surface area contributed by atoms with Crippen molar-refractivity contribution in [3.8, 4) is 0 Å². The molecule has 1 atom stereocenters. The number of nitrogens with one attached hydrogen (secondary N) is 1. The van der Waals surface area contributed by atoms with Gasteiger partial charge in [-0.05, 0) is 48.4 Å². The summed E-state index contributed by atoms with van der Waals surface area (Å²) in [4.78, 5) is 11.7. The van der Waals surface area contributed by atoms with Gasteiger partial charge < -0.3 is 11.1 Å². The number of primary amides is 1. The maximum atomic E-state index is 13.4. The van der Waals surface area contributed by atoms with Crippen molar-refractivity contribution in [2.75, 3.05) is 5.32 Å². The third kappa shape index (κ3) is 3.95. The molecule has 0 aliphatic rings. The van der Waals surface area contributed by atoms with Gasteiger partial charge in [0, 0.05) is 15.2 Å². The van der Waals surface area contributed by atoms with Crippen molar-refractivity contribution >= 4 is 39.1 Å². The minimum atomic E-state index is -0.794. The Morgan fingerprint density at radius 2 is 2.05 bits per heavy atom. The zero-order valence-electron chi connectivity index (χ0n) is 11.2. The Balaban J connectivity index is 2.37. The summed E-state index contributed by atoms with van der Waals surface area (Å²) >= 11 is 9.24. The summed E-state index contributed by atoms with van der Waals surface area (Å²) in [5.41, 5.74) is 7.31. The van der Waals surface area contributed by atoms with Crippen LogP contribution in [-0.4, -0.2) is 5.91 Å². The number of hydrogen-bond acceptors (Lipinski definition) is 2. The van der Waals surface area contributed by atoms with Gasteiger partial charge in [-0.1, -0.05) is 33.6 Å². The Kier molecular flexibility index (Phi) is 4.85. The van der Waals surface area contributed by atoms with Gasteiger partial charge >= 0.3 is 0 Å². The molecular weight excluding hydrogens is 359 g/mol. The fourth-order valence-corrected chi connectivity index (χ4v) is 2.94. The minimum absolute atomic E-state index is 0.379. The molecule has 3 N–H and O–H groups in total. The van der Waals surface area contributed by atoms with E-state index in [4.69, 9.17) is 17.3 Å². The fraction of sp³-hybridized carbons (Fsp3) is 0.133. The second-order valence-corrected chi connectivity index (χ2v) is 5.95. The molecule has 2 aromatic rings. The van der Waals surface area contributed by atoms with Crippen LogP contribution in [0.1, 0.15) is 17.2 Å². The van der Waals surface area contributed by atoms with E-state index in [1.165, 1.54) is 12.1 Å². The lowest BCUT2D eigenvalue weighted by molar-refractivity contribution is -0.118. The van der Waals surface area contributed by atoms with Crippen LogP contribution < -0.4 is 11.1 Å². The van der Waals surface area contributed by atoms with Crippen LogP contribution in [0, 0.1) is 12.7 Å². The standard InChI is InChI=1S/C15H13BrClFN2O/c1-8-4-10(18)7-11(5-8)20-14(15(19)21)12-3-2-9(17)6-13(12)16/h2-7,14,20H,1H3,(H2,19,21). The molecule has 0 fully saturated rings. The molecule has 0 aliphatic heterocycles. The average Bonchev–Trinajstić information content (AvgIpc) is 2.35. The number of anilines is 1. The molecule has 2 aromatic carbocycles. The summed E-state index contributed by atoms with van der Waals surface area (Å²) in [5.74, 6) is -0.948. The van der Waals surface area contributed by atoms with Gasteiger partial charge in [0.2, 0.25) is 5.91 Å². The first-order chi connectivity index (χ1) is 9.86. The number of rotatable bonds is 4. The Morgan fingerprint density at radius 1 is 1.33 bits per heavy atom. The third-order valence-electron chi connectivity index (χ3n) is 2.91. The van der Waals surface area contributed by atoms with E-state index in [1.807, 2.05) is 0 Å². The molecule has 1 unspecified atom stereocenters. The van der Waals surface area contributed by atoms with Crippen LogP contribution in [0.3, 0.4) is 0 Å². The number of amides is 1. The van der Waals surface area contributed by atoms with E-state index >= 15 is 0 Å². The summed E-state index contributed by atoms with van der Waals surface area (Å²) < 4.78 is 14.1. The Bertz CT molecular complexity index is 673. The molecule has 0 aromatic heterocycles. The van der Waals surface area contributed by atoms with Gasteiger partial charge in [-0.25, -0.2) is 4.39 Å². The van der Waals surface area contributed by atoms with E-state index in [0.717, 1.165) is 5.56 Å². The quantitative estimate of drug-likeness (QED) is 0.847. The molecule has 1 amide bonds. The Morgan fingerprint density at radius 3 is 2.62 bits per heavy atom. The second kappa shape index (κ2) is 6.45. The van der Waals surface area contributed by atoms with Crippen LogP contribution in [0.25, 0.3) is 0 Å². The smallest absolute Gasteiger partial charge is 0.244 e. The molecule has 0 saturated heterocycles. The lowest BCUT2D eigenvalue weighted by Crippen LogP contribution is -2.28. The first-order valence-electron chi connectivity index (χ1n) is 6.15. The van der Waals surface area contributed by atoms with Crippen LogP contribution in [-0.2, 0) is 4.79 Å². The maximum Gasteiger partial charge on any atom is 0.244 e. The SMILES string of the molecule is Cc1cc(F)cc(NC(C(N)=O)c2ccc(Cl)cc2Br)c1. The molecule has 21 heavy (non-hydrogen) atoms. The third-order valence-corrected chi connectivity index (χ3v) is 3.83. The molecule has 6 heteroatoms. The molecule has 110 valence electrons. The van der Waals surface area contributed by atoms with Gasteiger partial charge in [0.1, 0.15) is 11.9 Å². The second-order valence-electron chi connectivity index (χ2n) is 4.66. The van der Waals surface area contributed by atoms with Crippen molar-refractivity contribution in [2.24, 2.45) is 5.73 Å². The highest BCUT2D eigenvalue weighted by molar-refractivity contribution is 9.10. The number of benzene rings is 2. The zero-order chi connectivity index (χ0) is 15.6. The first-order valence-corrected chi connectivity index (χ1v) is 7.32. The number of hydrogen-bond donors (Lipinski definition) is 2. The van der Waals surface area contributed by atoms with Crippen LogP contribution in [0.5, 0.6) is 0 Å². The van der Waals surface area contributed by atoms with E-state index in [1.54, 1.807) is 31.2 Å². The van der Waals surface area contributed by atoms with Crippen molar-refractivity contribution in [3.05, 3.63) is 62.8 Å². The van der Waals surface area contributed by atoms with E-state index in [0.29, 0.717) is 20.7 Å². The topological polar surface area (TPSA) is 55.1 Å². The fourth-order valence-electron chi connectivity index (χ4n) is 2.02. The van der Waals surface area contributed by atoms with E-state index < -0.39 is 11.9 Å². The molecule has 2 rings (SSSR count). The number of carbonyl (C=O) groups excluding carboxylic acids is 1. The van der Waals surface area contributed by atoms with Crippen molar-refractivity contribution in [3.63, 3.8) is 0 Å². The molecule has 3 nitrogen and oxygen atoms in total. The van der Waals surface area contributed by atoms with Crippen LogP contribution >= 0.6 is 27.5 Å².